The van der Waals surface area contributed by atoms with Crippen molar-refractivity contribution in [2.75, 3.05) is 6.54 Å². The molecule has 104 valence electrons. The number of pyridine rings is 1. The molecule has 2 nitrogen and oxygen atoms in total. The lowest BCUT2D eigenvalue weighted by Crippen LogP contribution is -2.24. The van der Waals surface area contributed by atoms with Gasteiger partial charge >= 0.3 is 0 Å². The van der Waals surface area contributed by atoms with Crippen LogP contribution < -0.4 is 5.32 Å². The van der Waals surface area contributed by atoms with Gasteiger partial charge < -0.3 is 5.32 Å². The van der Waals surface area contributed by atoms with Crippen LogP contribution in [0.2, 0.25) is 0 Å². The summed E-state index contributed by atoms with van der Waals surface area (Å²) in [5.41, 5.74) is 4.35. The van der Waals surface area contributed by atoms with E-state index < -0.39 is 0 Å². The van der Waals surface area contributed by atoms with E-state index in [1.807, 2.05) is 18.5 Å². The first-order valence-corrected chi connectivity index (χ1v) is 7.63. The molecule has 1 aliphatic carbocycles. The average Bonchev–Trinajstić information content (AvgIpc) is 2.71. The van der Waals surface area contributed by atoms with Crippen molar-refractivity contribution < 1.29 is 0 Å². The van der Waals surface area contributed by atoms with Crippen molar-refractivity contribution in [1.82, 2.24) is 10.3 Å². The fourth-order valence-corrected chi connectivity index (χ4v) is 3.07. The smallest absolute Gasteiger partial charge is 0.0323 e. The van der Waals surface area contributed by atoms with E-state index in [0.717, 1.165) is 13.0 Å². The van der Waals surface area contributed by atoms with Crippen LogP contribution >= 0.6 is 0 Å². The fourth-order valence-electron chi connectivity index (χ4n) is 3.07. The minimum absolute atomic E-state index is 0.519. The summed E-state index contributed by atoms with van der Waals surface area (Å²) in [5, 5.41) is 3.74. The minimum atomic E-state index is 0.519. The molecule has 0 radical (unpaired) electrons. The highest BCUT2D eigenvalue weighted by molar-refractivity contribution is 5.31. The molecule has 2 heteroatoms. The van der Waals surface area contributed by atoms with E-state index >= 15 is 0 Å². The molecule has 1 unspecified atom stereocenters. The van der Waals surface area contributed by atoms with E-state index in [9.17, 15) is 0 Å². The maximum atomic E-state index is 4.17. The second-order valence-corrected chi connectivity index (χ2v) is 5.56. The van der Waals surface area contributed by atoms with Gasteiger partial charge in [0.2, 0.25) is 0 Å². The Kier molecular flexibility index (Phi) is 4.44. The summed E-state index contributed by atoms with van der Waals surface area (Å²) >= 11 is 0. The summed E-state index contributed by atoms with van der Waals surface area (Å²) in [4.78, 5) is 4.17. The molecular weight excluding hydrogens is 244 g/mol. The van der Waals surface area contributed by atoms with Gasteiger partial charge in [0.1, 0.15) is 0 Å². The Hall–Kier alpha value is -1.67. The lowest BCUT2D eigenvalue weighted by atomic mass is 9.99. The molecular formula is C18H22N2. The van der Waals surface area contributed by atoms with Crippen molar-refractivity contribution in [2.24, 2.45) is 0 Å². The largest absolute Gasteiger partial charge is 0.310 e. The molecule has 20 heavy (non-hydrogen) atoms. The van der Waals surface area contributed by atoms with Crippen molar-refractivity contribution in [3.8, 4) is 0 Å². The van der Waals surface area contributed by atoms with Crippen LogP contribution in [-0.2, 0) is 12.8 Å². The third kappa shape index (κ3) is 3.26. The van der Waals surface area contributed by atoms with Crippen LogP contribution in [0, 0.1) is 0 Å². The maximum Gasteiger partial charge on any atom is 0.0323 e. The number of rotatable bonds is 4. The monoisotopic (exact) mass is 266 g/mol. The van der Waals surface area contributed by atoms with Crippen molar-refractivity contribution in [3.63, 3.8) is 0 Å². The second kappa shape index (κ2) is 6.67. The predicted octanol–water partition coefficient (Wildman–Crippen LogP) is 3.68. The van der Waals surface area contributed by atoms with E-state index in [0.29, 0.717) is 6.04 Å². The Bertz CT molecular complexity index is 536. The molecule has 0 aliphatic heterocycles. The molecule has 2 aromatic rings. The van der Waals surface area contributed by atoms with Crippen LogP contribution in [0.3, 0.4) is 0 Å². The summed E-state index contributed by atoms with van der Waals surface area (Å²) in [6, 6.07) is 13.6. The molecule has 0 fully saturated rings. The third-order valence-corrected chi connectivity index (χ3v) is 4.15. The lowest BCUT2D eigenvalue weighted by molar-refractivity contribution is 0.492. The van der Waals surface area contributed by atoms with Crippen LogP contribution in [0.1, 0.15) is 42.0 Å². The standard InChI is InChI=1S/C18H22N2/c1-3-9-17-16(7-1)8-2-4-10-18(17)20-13-11-15-6-5-12-19-14-15/h1,3,5-7,9,12,14,18,20H,2,4,8,10-11,13H2. The van der Waals surface area contributed by atoms with Gasteiger partial charge in [0.05, 0.1) is 0 Å². The zero-order chi connectivity index (χ0) is 13.6. The summed E-state index contributed by atoms with van der Waals surface area (Å²) in [5.74, 6) is 0. The van der Waals surface area contributed by atoms with Crippen molar-refractivity contribution in [3.05, 3.63) is 65.5 Å². The fraction of sp³-hybridized carbons (Fsp3) is 0.389. The first-order valence-electron chi connectivity index (χ1n) is 7.63. The van der Waals surface area contributed by atoms with E-state index in [1.165, 1.54) is 42.4 Å². The van der Waals surface area contributed by atoms with E-state index in [4.69, 9.17) is 0 Å². The molecule has 1 N–H and O–H groups in total. The van der Waals surface area contributed by atoms with Crippen molar-refractivity contribution >= 4 is 0 Å². The Morgan fingerprint density at radius 2 is 2.05 bits per heavy atom. The predicted molar refractivity (Wildman–Crippen MR) is 82.7 cm³/mol. The van der Waals surface area contributed by atoms with Crippen LogP contribution in [0.4, 0.5) is 0 Å². The highest BCUT2D eigenvalue weighted by Crippen LogP contribution is 2.28. The van der Waals surface area contributed by atoms with Gasteiger partial charge in [-0.05, 0) is 55.0 Å². The van der Waals surface area contributed by atoms with Crippen LogP contribution in [0.25, 0.3) is 0 Å². The van der Waals surface area contributed by atoms with Gasteiger partial charge in [-0.2, -0.15) is 0 Å². The summed E-state index contributed by atoms with van der Waals surface area (Å²) < 4.78 is 0. The van der Waals surface area contributed by atoms with E-state index in [-0.39, 0.29) is 0 Å². The van der Waals surface area contributed by atoms with Crippen molar-refractivity contribution in [2.45, 2.75) is 38.1 Å². The molecule has 0 amide bonds. The lowest BCUT2D eigenvalue weighted by Gasteiger charge is -2.19. The van der Waals surface area contributed by atoms with Crippen LogP contribution in [0.5, 0.6) is 0 Å². The zero-order valence-electron chi connectivity index (χ0n) is 11.9. The maximum absolute atomic E-state index is 4.17. The Morgan fingerprint density at radius 1 is 1.10 bits per heavy atom. The van der Waals surface area contributed by atoms with Crippen molar-refractivity contribution in [1.29, 1.82) is 0 Å². The number of benzene rings is 1. The number of fused-ring (bicyclic) bond motifs is 1. The molecule has 0 saturated heterocycles. The molecule has 0 spiro atoms. The number of hydrogen-bond donors (Lipinski definition) is 1. The molecule has 1 aliphatic rings. The van der Waals surface area contributed by atoms with E-state index in [1.54, 1.807) is 0 Å². The summed E-state index contributed by atoms with van der Waals surface area (Å²) in [7, 11) is 0. The third-order valence-electron chi connectivity index (χ3n) is 4.15. The van der Waals surface area contributed by atoms with Crippen LogP contribution in [0.15, 0.2) is 48.8 Å². The average molecular weight is 266 g/mol. The number of nitrogens with one attached hydrogen (secondary N) is 1. The van der Waals surface area contributed by atoms with Gasteiger partial charge in [0.15, 0.2) is 0 Å². The quantitative estimate of drug-likeness (QED) is 0.854. The highest BCUT2D eigenvalue weighted by Gasteiger charge is 2.17. The van der Waals surface area contributed by atoms with Crippen LogP contribution in [-0.4, -0.2) is 11.5 Å². The van der Waals surface area contributed by atoms with Gasteiger partial charge in [-0.15, -0.1) is 0 Å². The number of nitrogens with zero attached hydrogens (tertiary/aromatic N) is 1. The molecule has 0 bridgehead atoms. The highest BCUT2D eigenvalue weighted by atomic mass is 14.9. The van der Waals surface area contributed by atoms with Gasteiger partial charge in [-0.25, -0.2) is 0 Å². The second-order valence-electron chi connectivity index (χ2n) is 5.56. The molecule has 1 aromatic heterocycles. The zero-order valence-corrected chi connectivity index (χ0v) is 11.9. The molecule has 1 heterocycles. The Labute approximate surface area is 121 Å². The first-order chi connectivity index (χ1) is 9.93. The number of hydrogen-bond acceptors (Lipinski definition) is 2. The molecule has 3 rings (SSSR count). The molecule has 1 atom stereocenters. The summed E-state index contributed by atoms with van der Waals surface area (Å²) in [6.45, 7) is 1.02. The molecule has 0 saturated carbocycles. The molecule has 1 aromatic carbocycles. The van der Waals surface area contributed by atoms with Gasteiger partial charge in [0.25, 0.3) is 0 Å². The van der Waals surface area contributed by atoms with Gasteiger partial charge in [-0.3, -0.25) is 4.98 Å². The normalized spacial score (nSPS) is 18.3. The Balaban J connectivity index is 1.62. The Morgan fingerprint density at radius 3 is 2.95 bits per heavy atom. The van der Waals surface area contributed by atoms with E-state index in [2.05, 4.69) is 40.6 Å². The number of aromatic nitrogens is 1. The topological polar surface area (TPSA) is 24.9 Å². The first kappa shape index (κ1) is 13.3. The summed E-state index contributed by atoms with van der Waals surface area (Å²) in [6.07, 6.45) is 9.96. The number of aryl methyl sites for hydroxylation is 1. The van der Waals surface area contributed by atoms with Gasteiger partial charge in [-0.1, -0.05) is 36.8 Å². The minimum Gasteiger partial charge on any atom is -0.310 e. The SMILES string of the molecule is c1cncc(CCNC2CCCCc3ccccc32)c1. The van der Waals surface area contributed by atoms with Gasteiger partial charge in [0, 0.05) is 18.4 Å².